The second-order valence-electron chi connectivity index (χ2n) is 4.02. The topological polar surface area (TPSA) is 55.8 Å². The lowest BCUT2D eigenvalue weighted by Crippen LogP contribution is -2.31. The summed E-state index contributed by atoms with van der Waals surface area (Å²) in [5, 5.41) is 8.58. The summed E-state index contributed by atoms with van der Waals surface area (Å²) in [5.41, 5.74) is -0.691. The first kappa shape index (κ1) is 11.9. The van der Waals surface area contributed by atoms with Crippen LogP contribution in [0.15, 0.2) is 24.8 Å². The van der Waals surface area contributed by atoms with E-state index in [-0.39, 0.29) is 0 Å². The van der Waals surface area contributed by atoms with Gasteiger partial charge in [0.15, 0.2) is 5.79 Å². The highest BCUT2D eigenvalue weighted by molar-refractivity contribution is 5.80. The minimum Gasteiger partial charge on any atom is -0.478 e. The van der Waals surface area contributed by atoms with E-state index in [4.69, 9.17) is 14.6 Å². The van der Waals surface area contributed by atoms with Crippen molar-refractivity contribution in [1.29, 1.82) is 0 Å². The van der Waals surface area contributed by atoms with Gasteiger partial charge in [-0.25, -0.2) is 4.79 Å². The van der Waals surface area contributed by atoms with Crippen molar-refractivity contribution >= 4 is 5.97 Å². The third-order valence-electron chi connectivity index (χ3n) is 2.13. The van der Waals surface area contributed by atoms with E-state index in [2.05, 4.69) is 6.58 Å². The quantitative estimate of drug-likeness (QED) is 0.569. The summed E-state index contributed by atoms with van der Waals surface area (Å²) in [6, 6.07) is 0. The van der Waals surface area contributed by atoms with Gasteiger partial charge in [-0.05, 0) is 19.9 Å². The Hall–Kier alpha value is -1.13. The predicted molar refractivity (Wildman–Crippen MR) is 55.4 cm³/mol. The lowest BCUT2D eigenvalue weighted by molar-refractivity contribution is -0.151. The zero-order chi connectivity index (χ0) is 11.5. The Morgan fingerprint density at radius 2 is 2.27 bits per heavy atom. The molecule has 0 aromatic heterocycles. The first-order valence-electron chi connectivity index (χ1n) is 4.76. The van der Waals surface area contributed by atoms with Crippen molar-refractivity contribution in [3.05, 3.63) is 24.8 Å². The summed E-state index contributed by atoms with van der Waals surface area (Å²) in [4.78, 5) is 10.5. The summed E-state index contributed by atoms with van der Waals surface area (Å²) in [7, 11) is 0. The molecule has 1 aliphatic heterocycles. The molecule has 1 aliphatic rings. The molecule has 0 spiro atoms. The molecule has 0 aromatic carbocycles. The van der Waals surface area contributed by atoms with Gasteiger partial charge in [-0.3, -0.25) is 0 Å². The van der Waals surface area contributed by atoms with E-state index in [1.807, 2.05) is 0 Å². The third kappa shape index (κ3) is 3.18. The van der Waals surface area contributed by atoms with Crippen molar-refractivity contribution in [2.45, 2.75) is 31.7 Å². The smallest absolute Gasteiger partial charge is 0.328 e. The Kier molecular flexibility index (Phi) is 3.31. The van der Waals surface area contributed by atoms with Crippen LogP contribution in [0.25, 0.3) is 0 Å². The van der Waals surface area contributed by atoms with Crippen LogP contribution in [-0.2, 0) is 14.3 Å². The number of carboxylic acids is 1. The van der Waals surface area contributed by atoms with Gasteiger partial charge in [0.2, 0.25) is 0 Å². The molecule has 1 rings (SSSR count). The molecule has 0 radical (unpaired) electrons. The lowest BCUT2D eigenvalue weighted by Gasteiger charge is -2.24. The number of rotatable bonds is 4. The Morgan fingerprint density at radius 1 is 1.60 bits per heavy atom. The standard InChI is InChI=1S/C11H16O4/c1-4-6-11(7-5-9(12)13)8-14-10(2,3)15-11/h4-5,7H,1,6,8H2,2-3H3,(H,12,13)/t11-/m0/s1. The number of hydrogen-bond acceptors (Lipinski definition) is 3. The third-order valence-corrected chi connectivity index (χ3v) is 2.13. The number of carbonyl (C=O) groups is 1. The molecule has 1 N–H and O–H groups in total. The fourth-order valence-electron chi connectivity index (χ4n) is 1.56. The normalized spacial score (nSPS) is 29.5. The second kappa shape index (κ2) is 4.16. The van der Waals surface area contributed by atoms with Gasteiger partial charge in [-0.15, -0.1) is 6.58 Å². The minimum absolute atomic E-state index is 0.343. The molecule has 4 nitrogen and oxygen atoms in total. The van der Waals surface area contributed by atoms with Gasteiger partial charge in [0.05, 0.1) is 6.61 Å². The van der Waals surface area contributed by atoms with Crippen molar-refractivity contribution in [1.82, 2.24) is 0 Å². The highest BCUT2D eigenvalue weighted by Gasteiger charge is 2.42. The average molecular weight is 212 g/mol. The monoisotopic (exact) mass is 212 g/mol. The van der Waals surface area contributed by atoms with Crippen LogP contribution >= 0.6 is 0 Å². The Morgan fingerprint density at radius 3 is 2.67 bits per heavy atom. The Bertz CT molecular complexity index is 293. The van der Waals surface area contributed by atoms with Crippen LogP contribution in [0.1, 0.15) is 20.3 Å². The second-order valence-corrected chi connectivity index (χ2v) is 4.02. The van der Waals surface area contributed by atoms with Gasteiger partial charge in [0.25, 0.3) is 0 Å². The molecule has 0 bridgehead atoms. The van der Waals surface area contributed by atoms with Gasteiger partial charge in [-0.1, -0.05) is 6.08 Å². The van der Waals surface area contributed by atoms with E-state index < -0.39 is 17.4 Å². The Balaban J connectivity index is 2.81. The van der Waals surface area contributed by atoms with Crippen LogP contribution in [0, 0.1) is 0 Å². The van der Waals surface area contributed by atoms with Crippen molar-refractivity contribution in [3.63, 3.8) is 0 Å². The van der Waals surface area contributed by atoms with Crippen LogP contribution < -0.4 is 0 Å². The molecule has 15 heavy (non-hydrogen) atoms. The van der Waals surface area contributed by atoms with Crippen molar-refractivity contribution < 1.29 is 19.4 Å². The molecular formula is C11H16O4. The maximum atomic E-state index is 10.5. The van der Waals surface area contributed by atoms with E-state index in [1.54, 1.807) is 19.9 Å². The van der Waals surface area contributed by atoms with Crippen LogP contribution in [0.3, 0.4) is 0 Å². The summed E-state index contributed by atoms with van der Waals surface area (Å²) < 4.78 is 11.1. The van der Waals surface area contributed by atoms with Crippen LogP contribution in [0.2, 0.25) is 0 Å². The van der Waals surface area contributed by atoms with Gasteiger partial charge < -0.3 is 14.6 Å². The van der Waals surface area contributed by atoms with Crippen molar-refractivity contribution in [2.75, 3.05) is 6.61 Å². The molecule has 0 amide bonds. The summed E-state index contributed by atoms with van der Waals surface area (Å²) >= 11 is 0. The summed E-state index contributed by atoms with van der Waals surface area (Å²) in [6.45, 7) is 7.57. The summed E-state index contributed by atoms with van der Waals surface area (Å²) in [5.74, 6) is -1.67. The van der Waals surface area contributed by atoms with Gasteiger partial charge >= 0.3 is 5.97 Å². The van der Waals surface area contributed by atoms with E-state index >= 15 is 0 Å². The Labute approximate surface area is 89.2 Å². The molecule has 0 unspecified atom stereocenters. The van der Waals surface area contributed by atoms with Crippen LogP contribution in [0.5, 0.6) is 0 Å². The van der Waals surface area contributed by atoms with E-state index in [0.717, 1.165) is 6.08 Å². The number of aliphatic carboxylic acids is 1. The molecule has 1 fully saturated rings. The lowest BCUT2D eigenvalue weighted by atomic mass is 10.0. The molecule has 0 saturated carbocycles. The molecule has 1 saturated heterocycles. The van der Waals surface area contributed by atoms with E-state index in [1.165, 1.54) is 6.08 Å². The van der Waals surface area contributed by atoms with Crippen molar-refractivity contribution in [2.24, 2.45) is 0 Å². The SMILES string of the molecule is C=CC[C@]1(C=CC(=O)O)COC(C)(C)O1. The highest BCUT2D eigenvalue weighted by atomic mass is 16.8. The first-order valence-corrected chi connectivity index (χ1v) is 4.76. The molecule has 0 aliphatic carbocycles. The number of carboxylic acid groups (broad SMARTS) is 1. The summed E-state index contributed by atoms with van der Waals surface area (Å²) in [6.07, 6.45) is 4.82. The molecule has 1 atom stereocenters. The number of hydrogen-bond donors (Lipinski definition) is 1. The minimum atomic E-state index is -0.994. The average Bonchev–Trinajstić information content (AvgIpc) is 2.40. The largest absolute Gasteiger partial charge is 0.478 e. The zero-order valence-corrected chi connectivity index (χ0v) is 9.03. The first-order chi connectivity index (χ1) is 6.89. The number of ether oxygens (including phenoxy) is 2. The van der Waals surface area contributed by atoms with Crippen molar-refractivity contribution in [3.8, 4) is 0 Å². The van der Waals surface area contributed by atoms with Gasteiger partial charge in [0.1, 0.15) is 5.60 Å². The predicted octanol–water partition coefficient (Wildman–Crippen LogP) is 1.73. The maximum Gasteiger partial charge on any atom is 0.328 e. The fourth-order valence-corrected chi connectivity index (χ4v) is 1.56. The molecule has 4 heteroatoms. The molecular weight excluding hydrogens is 196 g/mol. The zero-order valence-electron chi connectivity index (χ0n) is 9.03. The van der Waals surface area contributed by atoms with Gasteiger partial charge in [0, 0.05) is 12.5 Å². The van der Waals surface area contributed by atoms with E-state index in [9.17, 15) is 4.79 Å². The fraction of sp³-hybridized carbons (Fsp3) is 0.545. The van der Waals surface area contributed by atoms with Crippen LogP contribution in [-0.4, -0.2) is 29.1 Å². The van der Waals surface area contributed by atoms with Crippen LogP contribution in [0.4, 0.5) is 0 Å². The molecule has 0 aromatic rings. The maximum absolute atomic E-state index is 10.5. The van der Waals surface area contributed by atoms with E-state index in [0.29, 0.717) is 13.0 Å². The molecule has 84 valence electrons. The van der Waals surface area contributed by atoms with Gasteiger partial charge in [-0.2, -0.15) is 0 Å². The highest BCUT2D eigenvalue weighted by Crippen LogP contribution is 2.34. The molecule has 1 heterocycles.